The maximum absolute atomic E-state index is 13.0. The van der Waals surface area contributed by atoms with Gasteiger partial charge in [-0.05, 0) is 99.5 Å². The van der Waals surface area contributed by atoms with E-state index in [2.05, 4.69) is 34.2 Å². The van der Waals surface area contributed by atoms with Crippen molar-refractivity contribution in [2.45, 2.75) is 64.5 Å². The Kier molecular flexibility index (Phi) is 10.8. The smallest absolute Gasteiger partial charge is 0.253 e. The summed E-state index contributed by atoms with van der Waals surface area (Å²) in [4.78, 5) is 57.5. The van der Waals surface area contributed by atoms with Gasteiger partial charge in [0.1, 0.15) is 6.29 Å². The molecule has 3 amide bonds. The van der Waals surface area contributed by atoms with Gasteiger partial charge in [-0.3, -0.25) is 34.3 Å². The van der Waals surface area contributed by atoms with Crippen LogP contribution >= 0.6 is 0 Å². The first kappa shape index (κ1) is 31.9. The van der Waals surface area contributed by atoms with Crippen molar-refractivity contribution in [3.63, 3.8) is 0 Å². The maximum Gasteiger partial charge on any atom is 0.253 e. The Bertz CT molecular complexity index is 1330. The van der Waals surface area contributed by atoms with Crippen molar-refractivity contribution in [2.75, 3.05) is 57.8 Å². The number of likely N-dealkylation sites (N-methyl/N-ethyl adjacent to an activating group) is 1. The number of carbonyl (C=O) groups is 4. The SMILES string of the molecule is CCc1cccc(C(=O)N2CCC(CCCN3CCN(c4ccc(C=O)c(CN(C)C5CCC(=O)NC5=O)c4)CC3)CC2)c1. The van der Waals surface area contributed by atoms with E-state index in [1.165, 1.54) is 18.4 Å². The monoisotopic (exact) mass is 601 g/mol. The number of hydrogen-bond donors (Lipinski definition) is 1. The number of piperidine rings is 2. The summed E-state index contributed by atoms with van der Waals surface area (Å²) < 4.78 is 0. The number of amides is 3. The van der Waals surface area contributed by atoms with Crippen molar-refractivity contribution in [3.05, 3.63) is 64.7 Å². The fourth-order valence-corrected chi connectivity index (χ4v) is 6.89. The van der Waals surface area contributed by atoms with Crippen LogP contribution in [0, 0.1) is 5.92 Å². The van der Waals surface area contributed by atoms with E-state index in [1.807, 2.05) is 47.2 Å². The van der Waals surface area contributed by atoms with Gasteiger partial charge in [0.15, 0.2) is 0 Å². The number of imide groups is 1. The zero-order chi connectivity index (χ0) is 31.1. The summed E-state index contributed by atoms with van der Waals surface area (Å²) in [5.41, 5.74) is 4.66. The van der Waals surface area contributed by atoms with Crippen molar-refractivity contribution >= 4 is 29.7 Å². The van der Waals surface area contributed by atoms with Crippen molar-refractivity contribution in [1.82, 2.24) is 20.0 Å². The molecule has 2 aromatic carbocycles. The minimum Gasteiger partial charge on any atom is -0.369 e. The second-order valence-corrected chi connectivity index (χ2v) is 12.6. The fourth-order valence-electron chi connectivity index (χ4n) is 6.89. The third kappa shape index (κ3) is 7.93. The van der Waals surface area contributed by atoms with E-state index in [-0.39, 0.29) is 23.8 Å². The Balaban J connectivity index is 1.04. The van der Waals surface area contributed by atoms with Crippen LogP contribution in [0.4, 0.5) is 5.69 Å². The number of nitrogens with zero attached hydrogens (tertiary/aromatic N) is 4. The number of benzene rings is 2. The van der Waals surface area contributed by atoms with E-state index >= 15 is 0 Å². The number of hydrogen-bond acceptors (Lipinski definition) is 7. The predicted molar refractivity (Wildman–Crippen MR) is 172 cm³/mol. The van der Waals surface area contributed by atoms with E-state index in [0.717, 1.165) is 88.2 Å². The Labute approximate surface area is 261 Å². The number of likely N-dealkylation sites (tertiary alicyclic amines) is 1. The first-order valence-corrected chi connectivity index (χ1v) is 16.3. The quantitative estimate of drug-likeness (QED) is 0.310. The number of aryl methyl sites for hydroxylation is 1. The normalized spacial score (nSPS) is 20.2. The van der Waals surface area contributed by atoms with Crippen LogP contribution < -0.4 is 10.2 Å². The first-order chi connectivity index (χ1) is 21.3. The second-order valence-electron chi connectivity index (χ2n) is 12.6. The van der Waals surface area contributed by atoms with E-state index in [4.69, 9.17) is 0 Å². The summed E-state index contributed by atoms with van der Waals surface area (Å²) in [5, 5.41) is 2.42. The highest BCUT2D eigenvalue weighted by Crippen LogP contribution is 2.26. The number of piperazine rings is 1. The summed E-state index contributed by atoms with van der Waals surface area (Å²) in [6, 6.07) is 13.7. The number of carbonyl (C=O) groups excluding carboxylic acids is 4. The van der Waals surface area contributed by atoms with Crippen LogP contribution in [0.1, 0.15) is 77.3 Å². The van der Waals surface area contributed by atoms with Crippen LogP contribution in [0.25, 0.3) is 0 Å². The van der Waals surface area contributed by atoms with Crippen molar-refractivity contribution in [3.8, 4) is 0 Å². The fraction of sp³-hybridized carbons (Fsp3) is 0.543. The van der Waals surface area contributed by atoms with Gasteiger partial charge in [0, 0.05) is 69.0 Å². The largest absolute Gasteiger partial charge is 0.369 e. The van der Waals surface area contributed by atoms with Gasteiger partial charge in [-0.15, -0.1) is 0 Å². The highest BCUT2D eigenvalue weighted by Gasteiger charge is 2.30. The van der Waals surface area contributed by atoms with Gasteiger partial charge in [-0.1, -0.05) is 19.1 Å². The summed E-state index contributed by atoms with van der Waals surface area (Å²) >= 11 is 0. The Morgan fingerprint density at radius 1 is 1.00 bits per heavy atom. The Morgan fingerprint density at radius 2 is 1.77 bits per heavy atom. The summed E-state index contributed by atoms with van der Waals surface area (Å²) in [6.07, 6.45) is 7.22. The lowest BCUT2D eigenvalue weighted by molar-refractivity contribution is -0.137. The molecule has 236 valence electrons. The summed E-state index contributed by atoms with van der Waals surface area (Å²) in [7, 11) is 1.87. The molecule has 0 radical (unpaired) electrons. The van der Waals surface area contributed by atoms with Gasteiger partial charge in [-0.25, -0.2) is 0 Å². The van der Waals surface area contributed by atoms with Crippen LogP contribution in [0.3, 0.4) is 0 Å². The van der Waals surface area contributed by atoms with E-state index in [0.29, 0.717) is 30.9 Å². The number of aldehydes is 1. The third-order valence-electron chi connectivity index (χ3n) is 9.72. The van der Waals surface area contributed by atoms with Gasteiger partial charge in [-0.2, -0.15) is 0 Å². The molecule has 0 aliphatic carbocycles. The minimum atomic E-state index is -0.377. The lowest BCUT2D eigenvalue weighted by Gasteiger charge is -2.37. The van der Waals surface area contributed by atoms with E-state index in [9.17, 15) is 19.2 Å². The minimum absolute atomic E-state index is 0.172. The second kappa shape index (κ2) is 14.9. The van der Waals surface area contributed by atoms with Gasteiger partial charge >= 0.3 is 0 Å². The Morgan fingerprint density at radius 3 is 2.48 bits per heavy atom. The van der Waals surface area contributed by atoms with E-state index in [1.54, 1.807) is 0 Å². The molecule has 2 aromatic rings. The van der Waals surface area contributed by atoms with Gasteiger partial charge in [0.05, 0.1) is 6.04 Å². The number of rotatable bonds is 11. The zero-order valence-corrected chi connectivity index (χ0v) is 26.3. The van der Waals surface area contributed by atoms with Crippen molar-refractivity contribution in [1.29, 1.82) is 0 Å². The molecule has 0 saturated carbocycles. The van der Waals surface area contributed by atoms with E-state index < -0.39 is 0 Å². The molecule has 1 unspecified atom stereocenters. The molecule has 1 atom stereocenters. The molecule has 5 rings (SSSR count). The molecule has 3 aliphatic rings. The van der Waals surface area contributed by atoms with Crippen molar-refractivity contribution in [2.24, 2.45) is 5.92 Å². The highest BCUT2D eigenvalue weighted by atomic mass is 16.2. The third-order valence-corrected chi connectivity index (χ3v) is 9.72. The van der Waals surface area contributed by atoms with Gasteiger partial charge in [0.2, 0.25) is 11.8 Å². The molecule has 0 bridgehead atoms. The molecular weight excluding hydrogens is 554 g/mol. The van der Waals surface area contributed by atoms with Crippen LogP contribution in [-0.2, 0) is 22.6 Å². The number of nitrogens with one attached hydrogen (secondary N) is 1. The Hall–Kier alpha value is -3.56. The lowest BCUT2D eigenvalue weighted by Crippen LogP contribution is -2.51. The predicted octanol–water partition coefficient (Wildman–Crippen LogP) is 3.75. The zero-order valence-electron chi connectivity index (χ0n) is 26.3. The molecule has 9 heteroatoms. The standard InChI is InChI=1S/C35H47N5O4/c1-3-26-6-4-8-28(22-26)35(44)40-16-13-27(14-17-40)7-5-15-38-18-20-39(21-19-38)31-10-9-29(25-41)30(23-31)24-37(2)32-11-12-33(42)36-34(32)43/h4,6,8-10,22-23,25,27,32H,3,5,7,11-21,24H2,1-2H3,(H,36,42,43). The maximum atomic E-state index is 13.0. The van der Waals surface area contributed by atoms with Gasteiger partial charge < -0.3 is 9.80 Å². The van der Waals surface area contributed by atoms with Gasteiger partial charge in [0.25, 0.3) is 5.91 Å². The van der Waals surface area contributed by atoms with Crippen LogP contribution in [0.15, 0.2) is 42.5 Å². The van der Waals surface area contributed by atoms with Crippen molar-refractivity contribution < 1.29 is 19.2 Å². The molecule has 3 fully saturated rings. The number of anilines is 1. The molecule has 3 aliphatic heterocycles. The summed E-state index contributed by atoms with van der Waals surface area (Å²) in [5.74, 6) is 0.372. The highest BCUT2D eigenvalue weighted by molar-refractivity contribution is 6.00. The molecule has 1 N–H and O–H groups in total. The van der Waals surface area contributed by atoms with Crippen LogP contribution in [0.2, 0.25) is 0 Å². The average molecular weight is 602 g/mol. The topological polar surface area (TPSA) is 93.3 Å². The van der Waals surface area contributed by atoms with Crippen LogP contribution in [0.5, 0.6) is 0 Å². The molecule has 3 heterocycles. The molecule has 9 nitrogen and oxygen atoms in total. The molecule has 0 spiro atoms. The molecular formula is C35H47N5O4. The molecule has 44 heavy (non-hydrogen) atoms. The lowest BCUT2D eigenvalue weighted by atomic mass is 9.91. The summed E-state index contributed by atoms with van der Waals surface area (Å²) in [6.45, 7) is 9.27. The van der Waals surface area contributed by atoms with Crippen LogP contribution in [-0.4, -0.2) is 97.6 Å². The molecule has 0 aromatic heterocycles. The average Bonchev–Trinajstić information content (AvgIpc) is 3.05. The molecule has 3 saturated heterocycles. The first-order valence-electron chi connectivity index (χ1n) is 16.3.